The van der Waals surface area contributed by atoms with Crippen LogP contribution in [0, 0.1) is 35.1 Å². The van der Waals surface area contributed by atoms with Crippen molar-refractivity contribution in [3.05, 3.63) is 118 Å². The Bertz CT molecular complexity index is 1450. The maximum absolute atomic E-state index is 14.6. The summed E-state index contributed by atoms with van der Waals surface area (Å²) in [6.07, 6.45) is 10.8. The molecule has 0 aliphatic carbocycles. The molecule has 0 N–H and O–H groups in total. The van der Waals surface area contributed by atoms with Crippen molar-refractivity contribution in [2.75, 3.05) is 0 Å². The maximum atomic E-state index is 14.6. The summed E-state index contributed by atoms with van der Waals surface area (Å²) in [5.41, 5.74) is 2.51. The number of benzene rings is 3. The number of hydrogen-bond acceptors (Lipinski definition) is 2. The quantitative estimate of drug-likeness (QED) is 0.132. The summed E-state index contributed by atoms with van der Waals surface area (Å²) in [4.78, 5) is 8.79. The van der Waals surface area contributed by atoms with Crippen molar-refractivity contribution < 1.29 is 17.6 Å². The van der Waals surface area contributed by atoms with Crippen LogP contribution < -0.4 is 0 Å². The van der Waals surface area contributed by atoms with Crippen LogP contribution in [0.25, 0.3) is 10.8 Å². The molecule has 2 nitrogen and oxygen atoms in total. The van der Waals surface area contributed by atoms with E-state index in [2.05, 4.69) is 27.9 Å². The zero-order chi connectivity index (χ0) is 24.8. The molecule has 0 radical (unpaired) electrons. The average Bonchev–Trinajstić information content (AvgIpc) is 2.86. The van der Waals surface area contributed by atoms with E-state index in [1.807, 2.05) is 25.4 Å². The maximum Gasteiger partial charge on any atom is 0.195 e. The molecular weight excluding hydrogens is 452 g/mol. The molecule has 4 aromatic rings. The molecule has 35 heavy (non-hydrogen) atoms. The molecule has 0 amide bonds. The molecule has 0 saturated heterocycles. The highest BCUT2D eigenvalue weighted by atomic mass is 19.2. The van der Waals surface area contributed by atoms with Gasteiger partial charge >= 0.3 is 0 Å². The van der Waals surface area contributed by atoms with Crippen LogP contribution in [0.4, 0.5) is 17.6 Å². The van der Waals surface area contributed by atoms with Crippen LogP contribution in [-0.4, -0.2) is 9.97 Å². The van der Waals surface area contributed by atoms with Gasteiger partial charge in [-0.2, -0.15) is 0 Å². The molecule has 0 aliphatic rings. The summed E-state index contributed by atoms with van der Waals surface area (Å²) < 4.78 is 55.4. The molecule has 1 aromatic heterocycles. The number of rotatable bonds is 6. The van der Waals surface area contributed by atoms with Gasteiger partial charge in [-0.1, -0.05) is 36.1 Å². The van der Waals surface area contributed by atoms with E-state index >= 15 is 0 Å². The summed E-state index contributed by atoms with van der Waals surface area (Å²) >= 11 is 0. The minimum atomic E-state index is -1.51. The Balaban J connectivity index is 1.42. The van der Waals surface area contributed by atoms with Crippen LogP contribution in [0.1, 0.15) is 41.4 Å². The topological polar surface area (TPSA) is 25.8 Å². The third kappa shape index (κ3) is 5.93. The van der Waals surface area contributed by atoms with Crippen LogP contribution in [0.15, 0.2) is 67.0 Å². The fourth-order valence-electron chi connectivity index (χ4n) is 3.65. The van der Waals surface area contributed by atoms with Gasteiger partial charge in [0.25, 0.3) is 0 Å². The van der Waals surface area contributed by atoms with Gasteiger partial charge < -0.3 is 0 Å². The minimum absolute atomic E-state index is 0.0442. The number of aryl methyl sites for hydroxylation is 3. The van der Waals surface area contributed by atoms with Gasteiger partial charge in [0.1, 0.15) is 11.6 Å². The number of fused-ring (bicyclic) bond motifs is 1. The van der Waals surface area contributed by atoms with Crippen LogP contribution in [0.5, 0.6) is 0 Å². The van der Waals surface area contributed by atoms with Gasteiger partial charge in [0.05, 0.1) is 5.56 Å². The summed E-state index contributed by atoms with van der Waals surface area (Å²) in [5.74, 6) is 1.75. The van der Waals surface area contributed by atoms with E-state index in [4.69, 9.17) is 0 Å². The van der Waals surface area contributed by atoms with Crippen molar-refractivity contribution in [3.63, 3.8) is 0 Å². The van der Waals surface area contributed by atoms with Crippen LogP contribution in [0.3, 0.4) is 0 Å². The third-order valence-electron chi connectivity index (χ3n) is 5.58. The van der Waals surface area contributed by atoms with Crippen molar-refractivity contribution in [3.8, 4) is 11.8 Å². The smallest absolute Gasteiger partial charge is 0.195 e. The first kappa shape index (κ1) is 24.2. The Morgan fingerprint density at radius 1 is 0.771 bits per heavy atom. The molecular formula is C29H22F4N2. The van der Waals surface area contributed by atoms with Gasteiger partial charge in [0, 0.05) is 29.8 Å². The second-order valence-corrected chi connectivity index (χ2v) is 8.10. The van der Waals surface area contributed by atoms with E-state index in [1.54, 1.807) is 12.1 Å². The second kappa shape index (κ2) is 11.0. The lowest BCUT2D eigenvalue weighted by atomic mass is 10.0. The molecule has 0 fully saturated rings. The summed E-state index contributed by atoms with van der Waals surface area (Å²) in [6, 6.07) is 9.98. The predicted octanol–water partition coefficient (Wildman–Crippen LogP) is 6.88. The van der Waals surface area contributed by atoms with Crippen LogP contribution in [0.2, 0.25) is 0 Å². The molecule has 176 valence electrons. The van der Waals surface area contributed by atoms with E-state index in [0.717, 1.165) is 30.0 Å². The Labute approximate surface area is 201 Å². The number of nitrogens with zero attached hydrogens (tertiary/aromatic N) is 2. The molecule has 0 atom stereocenters. The lowest BCUT2D eigenvalue weighted by Gasteiger charge is -2.04. The Hall–Kier alpha value is -3.98. The average molecular weight is 475 g/mol. The Kier molecular flexibility index (Phi) is 7.57. The van der Waals surface area contributed by atoms with Gasteiger partial charge in [-0.15, -0.1) is 0 Å². The van der Waals surface area contributed by atoms with E-state index < -0.39 is 23.3 Å². The van der Waals surface area contributed by atoms with Crippen molar-refractivity contribution in [1.29, 1.82) is 0 Å². The fourth-order valence-corrected chi connectivity index (χ4v) is 3.65. The van der Waals surface area contributed by atoms with Gasteiger partial charge in [-0.3, -0.25) is 0 Å². The van der Waals surface area contributed by atoms with Gasteiger partial charge in [-0.05, 0) is 73.0 Å². The Morgan fingerprint density at radius 3 is 2.31 bits per heavy atom. The van der Waals surface area contributed by atoms with Gasteiger partial charge in [0.15, 0.2) is 17.5 Å². The standard InChI is InChI=1S/C29H22F4N2/c1-2-3-4-5-21-17-34-27(35-18-21)13-9-20-7-11-22(25(30)15-20)10-6-19-8-12-24-23(14-19)16-26(31)29(33)28(24)32/h2-3,7-8,11-12,14-18H,4-5,9,13H2,1H3/b3-2+. The second-order valence-electron chi connectivity index (χ2n) is 8.10. The molecule has 1 heterocycles. The van der Waals surface area contributed by atoms with Crippen LogP contribution >= 0.6 is 0 Å². The molecule has 0 spiro atoms. The highest BCUT2D eigenvalue weighted by molar-refractivity contribution is 5.84. The number of hydrogen-bond donors (Lipinski definition) is 0. The Morgan fingerprint density at radius 2 is 1.57 bits per heavy atom. The molecule has 0 aliphatic heterocycles. The normalized spacial score (nSPS) is 11.1. The third-order valence-corrected chi connectivity index (χ3v) is 5.58. The first-order valence-electron chi connectivity index (χ1n) is 11.2. The van der Waals surface area contributed by atoms with Crippen molar-refractivity contribution in [2.24, 2.45) is 0 Å². The van der Waals surface area contributed by atoms with Crippen molar-refractivity contribution >= 4 is 10.8 Å². The summed E-state index contributed by atoms with van der Waals surface area (Å²) in [7, 11) is 0. The van der Waals surface area contributed by atoms with E-state index in [1.165, 1.54) is 24.3 Å². The molecule has 0 bridgehead atoms. The minimum Gasteiger partial charge on any atom is -0.241 e. The molecule has 4 rings (SSSR count). The molecule has 3 aromatic carbocycles. The zero-order valence-electron chi connectivity index (χ0n) is 19.1. The summed E-state index contributed by atoms with van der Waals surface area (Å²) in [6.45, 7) is 1.99. The lowest BCUT2D eigenvalue weighted by molar-refractivity contribution is 0.453. The monoisotopic (exact) mass is 474 g/mol. The predicted molar refractivity (Wildman–Crippen MR) is 129 cm³/mol. The number of halogens is 4. The zero-order valence-corrected chi connectivity index (χ0v) is 19.1. The van der Waals surface area contributed by atoms with E-state index in [9.17, 15) is 17.6 Å². The first-order chi connectivity index (χ1) is 16.9. The fraction of sp³-hybridized carbons (Fsp3) is 0.172. The highest BCUT2D eigenvalue weighted by Gasteiger charge is 2.13. The first-order valence-corrected chi connectivity index (χ1v) is 11.2. The van der Waals surface area contributed by atoms with E-state index in [-0.39, 0.29) is 16.3 Å². The van der Waals surface area contributed by atoms with E-state index in [0.29, 0.717) is 24.2 Å². The largest absolute Gasteiger partial charge is 0.241 e. The van der Waals surface area contributed by atoms with Crippen molar-refractivity contribution in [1.82, 2.24) is 9.97 Å². The molecule has 0 unspecified atom stereocenters. The number of allylic oxidation sites excluding steroid dienone is 2. The van der Waals surface area contributed by atoms with Gasteiger partial charge in [0.2, 0.25) is 0 Å². The van der Waals surface area contributed by atoms with Gasteiger partial charge in [-0.25, -0.2) is 27.5 Å². The van der Waals surface area contributed by atoms with Crippen molar-refractivity contribution in [2.45, 2.75) is 32.6 Å². The lowest BCUT2D eigenvalue weighted by Crippen LogP contribution is -2.00. The summed E-state index contributed by atoms with van der Waals surface area (Å²) in [5, 5.41) is 0.134. The number of aromatic nitrogens is 2. The highest BCUT2D eigenvalue weighted by Crippen LogP contribution is 2.24. The van der Waals surface area contributed by atoms with Crippen LogP contribution in [-0.2, 0) is 19.3 Å². The molecule has 0 saturated carbocycles. The molecule has 6 heteroatoms. The SMILES string of the molecule is C/C=C/CCc1cnc(CCc2ccc(C#Cc3ccc4c(F)c(F)c(F)cc4c3)c(F)c2)nc1.